The smallest absolute Gasteiger partial charge is 0.231 e. The molecule has 1 amide bonds. The van der Waals surface area contributed by atoms with Gasteiger partial charge in [-0.25, -0.2) is 0 Å². The van der Waals surface area contributed by atoms with E-state index in [0.29, 0.717) is 29.2 Å². The summed E-state index contributed by atoms with van der Waals surface area (Å²) in [5.41, 5.74) is 0.874. The van der Waals surface area contributed by atoms with Crippen molar-refractivity contribution in [3.05, 3.63) is 35.2 Å². The van der Waals surface area contributed by atoms with Crippen LogP contribution in [0.5, 0.6) is 0 Å². The summed E-state index contributed by atoms with van der Waals surface area (Å²) in [5, 5.41) is 8.03. The van der Waals surface area contributed by atoms with Gasteiger partial charge in [0.1, 0.15) is 0 Å². The summed E-state index contributed by atoms with van der Waals surface area (Å²) < 4.78 is 5.52. The third-order valence-electron chi connectivity index (χ3n) is 5.54. The molecular formula is C19H23ClN4O2. The fourth-order valence-corrected chi connectivity index (χ4v) is 3.78. The maximum absolute atomic E-state index is 12.8. The van der Waals surface area contributed by atoms with Crippen LogP contribution in [0, 0.1) is 11.8 Å². The molecule has 7 heteroatoms. The molecule has 138 valence electrons. The standard InChI is InChI=1S/C19H23ClN4O2/c1-12(15-9-21-10-15)19(25)24-8-2-3-14(11-24)18-22-17(23-26-18)13-4-6-16(20)7-5-13/h4-7,12,14-15,21H,2-3,8-11H2,1H3. The van der Waals surface area contributed by atoms with Crippen molar-refractivity contribution in [3.8, 4) is 11.4 Å². The molecule has 0 aliphatic carbocycles. The van der Waals surface area contributed by atoms with Gasteiger partial charge in [0.2, 0.25) is 17.6 Å². The zero-order valence-corrected chi connectivity index (χ0v) is 15.6. The summed E-state index contributed by atoms with van der Waals surface area (Å²) in [4.78, 5) is 19.3. The number of aromatic nitrogens is 2. The minimum absolute atomic E-state index is 0.0716. The lowest BCUT2D eigenvalue weighted by Crippen LogP contribution is -2.51. The Morgan fingerprint density at radius 2 is 2.12 bits per heavy atom. The number of piperidine rings is 1. The average Bonchev–Trinajstić information content (AvgIpc) is 3.10. The number of rotatable bonds is 4. The first-order chi connectivity index (χ1) is 12.6. The van der Waals surface area contributed by atoms with E-state index in [1.165, 1.54) is 0 Å². The molecule has 0 bridgehead atoms. The fraction of sp³-hybridized carbons (Fsp3) is 0.526. The number of hydrogen-bond acceptors (Lipinski definition) is 5. The summed E-state index contributed by atoms with van der Waals surface area (Å²) >= 11 is 5.93. The van der Waals surface area contributed by atoms with Gasteiger partial charge in [0.25, 0.3) is 0 Å². The minimum Gasteiger partial charge on any atom is -0.342 e. The molecule has 0 spiro atoms. The molecule has 0 radical (unpaired) electrons. The topological polar surface area (TPSA) is 71.3 Å². The number of benzene rings is 1. The predicted octanol–water partition coefficient (Wildman–Crippen LogP) is 2.95. The maximum Gasteiger partial charge on any atom is 0.231 e. The van der Waals surface area contributed by atoms with Gasteiger partial charge >= 0.3 is 0 Å². The normalized spacial score (nSPS) is 22.1. The SMILES string of the molecule is CC(C(=O)N1CCCC(c2nc(-c3ccc(Cl)cc3)no2)C1)C1CNC1. The number of nitrogens with zero attached hydrogens (tertiary/aromatic N) is 3. The van der Waals surface area contributed by atoms with E-state index in [-0.39, 0.29) is 17.7 Å². The largest absolute Gasteiger partial charge is 0.342 e. The molecule has 0 saturated carbocycles. The highest BCUT2D eigenvalue weighted by atomic mass is 35.5. The van der Waals surface area contributed by atoms with Crippen LogP contribution in [0.2, 0.25) is 5.02 Å². The van der Waals surface area contributed by atoms with Gasteiger partial charge < -0.3 is 14.7 Å². The number of nitrogens with one attached hydrogen (secondary N) is 1. The second-order valence-corrected chi connectivity index (χ2v) is 7.73. The van der Waals surface area contributed by atoms with Crippen LogP contribution >= 0.6 is 11.6 Å². The summed E-state index contributed by atoms with van der Waals surface area (Å²) in [7, 11) is 0. The van der Waals surface area contributed by atoms with Gasteiger partial charge in [0.05, 0.1) is 5.92 Å². The van der Waals surface area contributed by atoms with Gasteiger partial charge in [-0.1, -0.05) is 23.7 Å². The summed E-state index contributed by atoms with van der Waals surface area (Å²) in [6.07, 6.45) is 1.93. The highest BCUT2D eigenvalue weighted by Crippen LogP contribution is 2.29. The lowest BCUT2D eigenvalue weighted by molar-refractivity contribution is -0.138. The van der Waals surface area contributed by atoms with Gasteiger partial charge in [-0.15, -0.1) is 0 Å². The Labute approximate surface area is 157 Å². The summed E-state index contributed by atoms with van der Waals surface area (Å²) in [6, 6.07) is 7.37. The van der Waals surface area contributed by atoms with Crippen molar-refractivity contribution in [2.45, 2.75) is 25.7 Å². The van der Waals surface area contributed by atoms with Gasteiger partial charge in [-0.2, -0.15) is 4.98 Å². The lowest BCUT2D eigenvalue weighted by atomic mass is 9.87. The maximum atomic E-state index is 12.8. The predicted molar refractivity (Wildman–Crippen MR) is 98.8 cm³/mol. The molecule has 1 aromatic carbocycles. The van der Waals surface area contributed by atoms with Crippen LogP contribution in [0.25, 0.3) is 11.4 Å². The highest BCUT2D eigenvalue weighted by molar-refractivity contribution is 6.30. The Balaban J connectivity index is 1.44. The van der Waals surface area contributed by atoms with Gasteiger partial charge in [0.15, 0.2) is 0 Å². The molecule has 1 N–H and O–H groups in total. The Bertz CT molecular complexity index is 772. The Morgan fingerprint density at radius 3 is 2.81 bits per heavy atom. The van der Waals surface area contributed by atoms with Gasteiger partial charge in [-0.05, 0) is 56.1 Å². The molecule has 2 unspecified atom stereocenters. The first-order valence-corrected chi connectivity index (χ1v) is 9.58. The second kappa shape index (κ2) is 7.37. The third kappa shape index (κ3) is 3.48. The monoisotopic (exact) mass is 374 g/mol. The molecule has 2 fully saturated rings. The minimum atomic E-state index is 0.0716. The summed E-state index contributed by atoms with van der Waals surface area (Å²) in [5.74, 6) is 2.07. The molecule has 1 aromatic heterocycles. The van der Waals surface area contributed by atoms with Crippen molar-refractivity contribution in [2.24, 2.45) is 11.8 Å². The molecule has 3 heterocycles. The van der Waals surface area contributed by atoms with Crippen LogP contribution in [0.1, 0.15) is 31.6 Å². The summed E-state index contributed by atoms with van der Waals surface area (Å²) in [6.45, 7) is 5.41. The first kappa shape index (κ1) is 17.5. The third-order valence-corrected chi connectivity index (χ3v) is 5.79. The van der Waals surface area contributed by atoms with Crippen LogP contribution in [0.3, 0.4) is 0 Å². The fourth-order valence-electron chi connectivity index (χ4n) is 3.65. The van der Waals surface area contributed by atoms with Crippen molar-refractivity contribution >= 4 is 17.5 Å². The molecule has 2 aromatic rings. The van der Waals surface area contributed by atoms with Crippen LogP contribution in [-0.2, 0) is 4.79 Å². The molecule has 2 aliphatic heterocycles. The quantitative estimate of drug-likeness (QED) is 0.890. The van der Waals surface area contributed by atoms with E-state index >= 15 is 0 Å². The van der Waals surface area contributed by atoms with Crippen LogP contribution in [-0.4, -0.2) is 47.1 Å². The Kier molecular flexibility index (Phi) is 4.96. The zero-order valence-electron chi connectivity index (χ0n) is 14.8. The van der Waals surface area contributed by atoms with Crippen LogP contribution in [0.15, 0.2) is 28.8 Å². The number of carbonyl (C=O) groups is 1. The Morgan fingerprint density at radius 1 is 1.35 bits per heavy atom. The van der Waals surface area contributed by atoms with E-state index in [0.717, 1.165) is 38.0 Å². The number of likely N-dealkylation sites (tertiary alicyclic amines) is 1. The van der Waals surface area contributed by atoms with Crippen LogP contribution in [0.4, 0.5) is 0 Å². The van der Waals surface area contributed by atoms with E-state index in [2.05, 4.69) is 15.5 Å². The molecule has 4 rings (SSSR count). The zero-order chi connectivity index (χ0) is 18.1. The number of halogens is 1. The molecule has 2 saturated heterocycles. The Hall–Kier alpha value is -1.92. The van der Waals surface area contributed by atoms with Gasteiger partial charge in [0, 0.05) is 29.6 Å². The molecule has 2 aliphatic rings. The van der Waals surface area contributed by atoms with Crippen LogP contribution < -0.4 is 5.32 Å². The first-order valence-electron chi connectivity index (χ1n) is 9.21. The second-order valence-electron chi connectivity index (χ2n) is 7.29. The number of amides is 1. The molecule has 6 nitrogen and oxygen atoms in total. The molecule has 2 atom stereocenters. The van der Waals surface area contributed by atoms with Crippen molar-refractivity contribution < 1.29 is 9.32 Å². The molecular weight excluding hydrogens is 352 g/mol. The van der Waals surface area contributed by atoms with Gasteiger partial charge in [-0.3, -0.25) is 4.79 Å². The van der Waals surface area contributed by atoms with E-state index in [1.807, 2.05) is 36.1 Å². The highest BCUT2D eigenvalue weighted by Gasteiger charge is 2.35. The van der Waals surface area contributed by atoms with E-state index < -0.39 is 0 Å². The van der Waals surface area contributed by atoms with E-state index in [1.54, 1.807) is 0 Å². The molecule has 26 heavy (non-hydrogen) atoms. The van der Waals surface area contributed by atoms with E-state index in [4.69, 9.17) is 16.1 Å². The van der Waals surface area contributed by atoms with Crippen molar-refractivity contribution in [2.75, 3.05) is 26.2 Å². The number of hydrogen-bond donors (Lipinski definition) is 1. The average molecular weight is 375 g/mol. The van der Waals surface area contributed by atoms with Crippen molar-refractivity contribution in [3.63, 3.8) is 0 Å². The van der Waals surface area contributed by atoms with Crippen molar-refractivity contribution in [1.29, 1.82) is 0 Å². The number of carbonyl (C=O) groups excluding carboxylic acids is 1. The lowest BCUT2D eigenvalue weighted by Gasteiger charge is -2.37. The van der Waals surface area contributed by atoms with Crippen molar-refractivity contribution in [1.82, 2.24) is 20.4 Å². The van der Waals surface area contributed by atoms with E-state index in [9.17, 15) is 4.79 Å².